The zero-order valence-electron chi connectivity index (χ0n) is 37.1. The van der Waals surface area contributed by atoms with Gasteiger partial charge in [0, 0.05) is 0 Å². The Bertz CT molecular complexity index is 1410. The van der Waals surface area contributed by atoms with Crippen molar-refractivity contribution in [2.75, 3.05) is 0 Å². The number of aryl methyl sites for hydroxylation is 1. The molecular weight excluding hydrogens is 649 g/mol. The number of rotatable bonds is 2. The predicted octanol–water partition coefficient (Wildman–Crippen LogP) is 18.1. The van der Waals surface area contributed by atoms with Crippen molar-refractivity contribution in [3.05, 3.63) is 205 Å². The van der Waals surface area contributed by atoms with Crippen molar-refractivity contribution in [1.29, 1.82) is 0 Å². The molecule has 0 aliphatic heterocycles. The number of fused-ring (bicyclic) bond motifs is 2. The minimum atomic E-state index is 1.03. The molecule has 0 nitrogen and oxygen atoms in total. The molecule has 0 aromatic heterocycles. The van der Waals surface area contributed by atoms with Crippen LogP contribution in [0.25, 0.3) is 21.5 Å². The van der Waals surface area contributed by atoms with Gasteiger partial charge in [-0.15, -0.1) is 0 Å². The fourth-order valence-electron chi connectivity index (χ4n) is 4.23. The highest BCUT2D eigenvalue weighted by Gasteiger charge is 1.92. The molecule has 0 spiro atoms. The summed E-state index contributed by atoms with van der Waals surface area (Å²) in [6.45, 7) is 30.1. The van der Waals surface area contributed by atoms with Gasteiger partial charge in [0.2, 0.25) is 0 Å². The first-order valence-corrected chi connectivity index (χ1v) is 20.7. The number of benzene rings is 7. The van der Waals surface area contributed by atoms with Crippen LogP contribution >= 0.6 is 0 Å². The van der Waals surface area contributed by atoms with Gasteiger partial charge in [0.25, 0.3) is 0 Å². The number of hydrogen-bond donors (Lipinski definition) is 0. The lowest BCUT2D eigenvalue weighted by molar-refractivity contribution is 1.19. The van der Waals surface area contributed by atoms with Crippen LogP contribution in [-0.2, 0) is 6.42 Å². The molecule has 0 bridgehead atoms. The van der Waals surface area contributed by atoms with E-state index in [2.05, 4.69) is 177 Å². The van der Waals surface area contributed by atoms with Crippen LogP contribution in [-0.4, -0.2) is 0 Å². The summed E-state index contributed by atoms with van der Waals surface area (Å²) in [7, 11) is 0. The van der Waals surface area contributed by atoms with E-state index < -0.39 is 0 Å². The molecule has 0 aliphatic carbocycles. The fourth-order valence-corrected chi connectivity index (χ4v) is 4.23. The van der Waals surface area contributed by atoms with E-state index in [1.165, 1.54) is 38.2 Å². The molecular formula is C54H78. The zero-order chi connectivity index (χ0) is 41.7. The summed E-state index contributed by atoms with van der Waals surface area (Å²) in [6, 6.07) is 64.8. The van der Waals surface area contributed by atoms with Crippen LogP contribution in [0.5, 0.6) is 0 Å². The molecule has 0 aliphatic rings. The van der Waals surface area contributed by atoms with Gasteiger partial charge >= 0.3 is 0 Å². The first-order valence-electron chi connectivity index (χ1n) is 20.7. The topological polar surface area (TPSA) is 0 Å². The van der Waals surface area contributed by atoms with Crippen LogP contribution in [0.4, 0.5) is 0 Å². The standard InChI is InChI=1S/C13H12.2C10H8.C7H8.7C2H6/c1-3-7-12(8-4-1)11-13-9-5-2-6-10-13;2*1-2-6-10-8-4-3-7-9(10)5-1;1-7-5-3-2-4-6-7;7*1-2/h1-10H,11H2;2*1-8H;2-6H,1H3;7*1-2H3. The van der Waals surface area contributed by atoms with Crippen molar-refractivity contribution < 1.29 is 0 Å². The van der Waals surface area contributed by atoms with Crippen LogP contribution in [0, 0.1) is 6.92 Å². The van der Waals surface area contributed by atoms with Crippen LogP contribution in [0.3, 0.4) is 0 Å². The van der Waals surface area contributed by atoms with Crippen LogP contribution in [0.15, 0.2) is 188 Å². The molecule has 0 heteroatoms. The highest BCUT2D eigenvalue weighted by atomic mass is 14.0. The molecule has 0 amide bonds. The molecule has 7 aromatic rings. The van der Waals surface area contributed by atoms with E-state index in [1.807, 2.05) is 115 Å². The molecule has 0 radical (unpaired) electrons. The maximum atomic E-state index is 2.16. The summed E-state index contributed by atoms with van der Waals surface area (Å²) >= 11 is 0. The third kappa shape index (κ3) is 28.6. The molecule has 0 fully saturated rings. The molecule has 54 heavy (non-hydrogen) atoms. The highest BCUT2D eigenvalue weighted by molar-refractivity contribution is 5.82. The molecule has 0 unspecified atom stereocenters. The Morgan fingerprint density at radius 2 is 0.389 bits per heavy atom. The van der Waals surface area contributed by atoms with E-state index in [1.54, 1.807) is 0 Å². The van der Waals surface area contributed by atoms with Gasteiger partial charge in [0.05, 0.1) is 0 Å². The molecule has 0 heterocycles. The average Bonchev–Trinajstić information content (AvgIpc) is 3.30. The molecule has 0 N–H and O–H groups in total. The van der Waals surface area contributed by atoms with Gasteiger partial charge in [-0.05, 0) is 46.0 Å². The lowest BCUT2D eigenvalue weighted by Crippen LogP contribution is -1.85. The Morgan fingerprint density at radius 1 is 0.222 bits per heavy atom. The van der Waals surface area contributed by atoms with Crippen molar-refractivity contribution in [1.82, 2.24) is 0 Å². The molecule has 0 atom stereocenters. The third-order valence-electron chi connectivity index (χ3n) is 6.35. The van der Waals surface area contributed by atoms with E-state index in [0.717, 1.165) is 6.42 Å². The van der Waals surface area contributed by atoms with Crippen LogP contribution in [0.1, 0.15) is 114 Å². The summed E-state index contributed by atoms with van der Waals surface area (Å²) in [5, 5.41) is 5.24. The van der Waals surface area contributed by atoms with Gasteiger partial charge in [-0.1, -0.05) is 291 Å². The maximum Gasteiger partial charge on any atom is -0.00258 e. The zero-order valence-corrected chi connectivity index (χ0v) is 37.1. The summed E-state index contributed by atoms with van der Waals surface area (Å²) in [5.74, 6) is 0. The van der Waals surface area contributed by atoms with Gasteiger partial charge in [-0.25, -0.2) is 0 Å². The Morgan fingerprint density at radius 3 is 0.556 bits per heavy atom. The minimum absolute atomic E-state index is 1.03. The van der Waals surface area contributed by atoms with Crippen molar-refractivity contribution in [3.8, 4) is 0 Å². The van der Waals surface area contributed by atoms with Gasteiger partial charge in [-0.3, -0.25) is 0 Å². The average molecular weight is 727 g/mol. The van der Waals surface area contributed by atoms with E-state index in [0.29, 0.717) is 0 Å². The van der Waals surface area contributed by atoms with Crippen LogP contribution in [0.2, 0.25) is 0 Å². The predicted molar refractivity (Wildman–Crippen MR) is 254 cm³/mol. The monoisotopic (exact) mass is 727 g/mol. The molecule has 7 aromatic carbocycles. The Hall–Kier alpha value is -4.94. The molecule has 7 rings (SSSR count). The second-order valence-corrected chi connectivity index (χ2v) is 9.50. The minimum Gasteiger partial charge on any atom is -0.0683 e. The van der Waals surface area contributed by atoms with E-state index >= 15 is 0 Å². The van der Waals surface area contributed by atoms with Crippen molar-refractivity contribution in [2.24, 2.45) is 0 Å². The van der Waals surface area contributed by atoms with Crippen molar-refractivity contribution >= 4 is 21.5 Å². The van der Waals surface area contributed by atoms with Gasteiger partial charge in [0.15, 0.2) is 0 Å². The van der Waals surface area contributed by atoms with E-state index in [-0.39, 0.29) is 0 Å². The van der Waals surface area contributed by atoms with Crippen LogP contribution < -0.4 is 0 Å². The Kier molecular flexibility index (Phi) is 47.6. The second kappa shape index (κ2) is 46.1. The van der Waals surface area contributed by atoms with Crippen molar-refractivity contribution in [2.45, 2.75) is 110 Å². The summed E-state index contributed by atoms with van der Waals surface area (Å²) < 4.78 is 0. The van der Waals surface area contributed by atoms with Gasteiger partial charge in [-0.2, -0.15) is 0 Å². The highest BCUT2D eigenvalue weighted by Crippen LogP contribution is 2.12. The summed E-state index contributed by atoms with van der Waals surface area (Å²) in [5.41, 5.74) is 4.06. The van der Waals surface area contributed by atoms with E-state index in [4.69, 9.17) is 0 Å². The Labute approximate surface area is 335 Å². The van der Waals surface area contributed by atoms with Crippen molar-refractivity contribution in [3.63, 3.8) is 0 Å². The first-order chi connectivity index (χ1) is 26.8. The summed E-state index contributed by atoms with van der Waals surface area (Å²) in [4.78, 5) is 0. The lowest BCUT2D eigenvalue weighted by atomic mass is 10.1. The summed E-state index contributed by atoms with van der Waals surface area (Å²) in [6.07, 6.45) is 1.03. The quantitative estimate of drug-likeness (QED) is 0.166. The van der Waals surface area contributed by atoms with Gasteiger partial charge in [0.1, 0.15) is 0 Å². The second-order valence-electron chi connectivity index (χ2n) is 9.50. The van der Waals surface area contributed by atoms with Gasteiger partial charge < -0.3 is 0 Å². The molecule has 294 valence electrons. The molecule has 0 saturated heterocycles. The molecule has 0 saturated carbocycles. The largest absolute Gasteiger partial charge is 0.0683 e. The maximum absolute atomic E-state index is 2.16. The third-order valence-corrected chi connectivity index (χ3v) is 6.35. The smallest absolute Gasteiger partial charge is 0.00258 e. The normalized spacial score (nSPS) is 7.98. The lowest BCUT2D eigenvalue weighted by Gasteiger charge is -2.00. The first kappa shape index (κ1) is 55.8. The SMILES string of the molecule is CC.CC.CC.CC.CC.CC.CC.Cc1ccccc1.c1ccc(Cc2ccccc2)cc1.c1ccc2ccccc2c1.c1ccc2ccccc2c1. The fraction of sp³-hybridized carbons (Fsp3) is 0.296. The van der Waals surface area contributed by atoms with E-state index in [9.17, 15) is 0 Å². The number of hydrogen-bond acceptors (Lipinski definition) is 0. The Balaban J connectivity index is -0.000000281.